The standard InChI is InChI=1S/C16H25NO3S/c1-4-5-14-12-15(6-7-16(14)13(2)3)21(18,19)17-8-10-20-11-9-17/h6-7,12-13H,4-5,8-11H2,1-3H3. The van der Waals surface area contributed by atoms with Crippen LogP contribution in [0.25, 0.3) is 0 Å². The summed E-state index contributed by atoms with van der Waals surface area (Å²) in [5, 5.41) is 0. The summed E-state index contributed by atoms with van der Waals surface area (Å²) in [6.45, 7) is 8.24. The van der Waals surface area contributed by atoms with E-state index < -0.39 is 10.0 Å². The molecular weight excluding hydrogens is 286 g/mol. The number of rotatable bonds is 5. The Morgan fingerprint density at radius 1 is 1.24 bits per heavy atom. The summed E-state index contributed by atoms with van der Waals surface area (Å²) >= 11 is 0. The van der Waals surface area contributed by atoms with Gasteiger partial charge in [-0.1, -0.05) is 33.3 Å². The average molecular weight is 311 g/mol. The van der Waals surface area contributed by atoms with E-state index in [-0.39, 0.29) is 0 Å². The molecule has 0 aromatic heterocycles. The monoisotopic (exact) mass is 311 g/mol. The van der Waals surface area contributed by atoms with Crippen LogP contribution in [0.15, 0.2) is 23.1 Å². The number of hydrogen-bond acceptors (Lipinski definition) is 3. The van der Waals surface area contributed by atoms with Crippen LogP contribution in [-0.4, -0.2) is 39.0 Å². The van der Waals surface area contributed by atoms with Gasteiger partial charge >= 0.3 is 0 Å². The Morgan fingerprint density at radius 2 is 1.90 bits per heavy atom. The Hall–Kier alpha value is -0.910. The summed E-state index contributed by atoms with van der Waals surface area (Å²) in [6.07, 6.45) is 1.93. The molecule has 0 unspecified atom stereocenters. The molecular formula is C16H25NO3S. The maximum Gasteiger partial charge on any atom is 0.243 e. The number of nitrogens with zero attached hydrogens (tertiary/aromatic N) is 1. The highest BCUT2D eigenvalue weighted by atomic mass is 32.2. The lowest BCUT2D eigenvalue weighted by Gasteiger charge is -2.26. The molecule has 1 aromatic rings. The fourth-order valence-corrected chi connectivity index (χ4v) is 4.19. The van der Waals surface area contributed by atoms with Gasteiger partial charge in [0.05, 0.1) is 18.1 Å². The molecule has 0 atom stereocenters. The zero-order valence-corrected chi connectivity index (χ0v) is 13.9. The first-order valence-electron chi connectivity index (χ1n) is 7.67. The summed E-state index contributed by atoms with van der Waals surface area (Å²) < 4.78 is 32.2. The fourth-order valence-electron chi connectivity index (χ4n) is 2.73. The molecule has 0 aliphatic carbocycles. The van der Waals surface area contributed by atoms with E-state index in [1.54, 1.807) is 6.07 Å². The van der Waals surface area contributed by atoms with Crippen LogP contribution in [0.2, 0.25) is 0 Å². The van der Waals surface area contributed by atoms with E-state index in [0.717, 1.165) is 18.4 Å². The first-order valence-corrected chi connectivity index (χ1v) is 9.11. The van der Waals surface area contributed by atoms with Crippen molar-refractivity contribution in [3.63, 3.8) is 0 Å². The lowest BCUT2D eigenvalue weighted by molar-refractivity contribution is 0.0730. The number of hydrogen-bond donors (Lipinski definition) is 0. The number of sulfonamides is 1. The van der Waals surface area contributed by atoms with Crippen LogP contribution in [0.4, 0.5) is 0 Å². The highest BCUT2D eigenvalue weighted by Crippen LogP contribution is 2.26. The molecule has 1 fully saturated rings. The fraction of sp³-hybridized carbons (Fsp3) is 0.625. The van der Waals surface area contributed by atoms with Crippen molar-refractivity contribution in [2.75, 3.05) is 26.3 Å². The molecule has 1 saturated heterocycles. The largest absolute Gasteiger partial charge is 0.379 e. The van der Waals surface area contributed by atoms with Crippen LogP contribution in [0.1, 0.15) is 44.2 Å². The summed E-state index contributed by atoms with van der Waals surface area (Å²) in [6, 6.07) is 5.59. The second-order valence-electron chi connectivity index (χ2n) is 5.78. The van der Waals surface area contributed by atoms with Crippen LogP contribution < -0.4 is 0 Å². The molecule has 0 N–H and O–H groups in total. The molecule has 1 aromatic carbocycles. The van der Waals surface area contributed by atoms with Gasteiger partial charge < -0.3 is 4.74 Å². The van der Waals surface area contributed by atoms with Crippen LogP contribution in [0, 0.1) is 0 Å². The van der Waals surface area contributed by atoms with Crippen molar-refractivity contribution >= 4 is 10.0 Å². The van der Waals surface area contributed by atoms with Gasteiger partial charge in [-0.15, -0.1) is 0 Å². The first kappa shape index (κ1) is 16.5. The normalized spacial score (nSPS) is 17.3. The van der Waals surface area contributed by atoms with Gasteiger partial charge in [-0.2, -0.15) is 4.31 Å². The van der Waals surface area contributed by atoms with Gasteiger partial charge in [0.1, 0.15) is 0 Å². The van der Waals surface area contributed by atoms with Crippen LogP contribution in [0.5, 0.6) is 0 Å². The maximum atomic E-state index is 12.7. The molecule has 5 heteroatoms. The molecule has 0 spiro atoms. The van der Waals surface area contributed by atoms with Gasteiger partial charge in [-0.05, 0) is 35.6 Å². The zero-order chi connectivity index (χ0) is 15.5. The first-order chi connectivity index (χ1) is 9.96. The van der Waals surface area contributed by atoms with Crippen molar-refractivity contribution in [3.8, 4) is 0 Å². The number of aryl methyl sites for hydroxylation is 1. The van der Waals surface area contributed by atoms with Gasteiger partial charge in [0.2, 0.25) is 10.0 Å². The molecule has 0 radical (unpaired) electrons. The Balaban J connectivity index is 2.36. The van der Waals surface area contributed by atoms with Gasteiger partial charge in [0, 0.05) is 13.1 Å². The van der Waals surface area contributed by atoms with E-state index in [2.05, 4.69) is 20.8 Å². The minimum Gasteiger partial charge on any atom is -0.379 e. The van der Waals surface area contributed by atoms with Gasteiger partial charge in [0.15, 0.2) is 0 Å². The van der Waals surface area contributed by atoms with Crippen LogP contribution >= 0.6 is 0 Å². The Labute approximate surface area is 128 Å². The van der Waals surface area contributed by atoms with Crippen LogP contribution in [0.3, 0.4) is 0 Å². The van der Waals surface area contributed by atoms with E-state index in [0.29, 0.717) is 37.1 Å². The Morgan fingerprint density at radius 3 is 2.48 bits per heavy atom. The molecule has 4 nitrogen and oxygen atoms in total. The van der Waals surface area contributed by atoms with Crippen molar-refractivity contribution in [2.45, 2.75) is 44.4 Å². The minimum absolute atomic E-state index is 0.409. The Kier molecular flexibility index (Phi) is 5.41. The Bertz CT molecular complexity index is 575. The van der Waals surface area contributed by atoms with Gasteiger partial charge in [0.25, 0.3) is 0 Å². The van der Waals surface area contributed by atoms with E-state index >= 15 is 0 Å². The SMILES string of the molecule is CCCc1cc(S(=O)(=O)N2CCOCC2)ccc1C(C)C. The summed E-state index contributed by atoms with van der Waals surface area (Å²) in [7, 11) is -3.39. The number of ether oxygens (including phenoxy) is 1. The molecule has 0 saturated carbocycles. The van der Waals surface area contributed by atoms with Gasteiger partial charge in [-0.25, -0.2) is 8.42 Å². The van der Waals surface area contributed by atoms with E-state index in [1.165, 1.54) is 9.87 Å². The predicted octanol–water partition coefficient (Wildman–Crippen LogP) is 2.78. The third-order valence-corrected chi connectivity index (χ3v) is 5.76. The van der Waals surface area contributed by atoms with Crippen molar-refractivity contribution in [2.24, 2.45) is 0 Å². The van der Waals surface area contributed by atoms with Gasteiger partial charge in [-0.3, -0.25) is 0 Å². The molecule has 1 heterocycles. The lowest BCUT2D eigenvalue weighted by atomic mass is 9.95. The summed E-state index contributed by atoms with van der Waals surface area (Å²) in [5.74, 6) is 0.409. The lowest BCUT2D eigenvalue weighted by Crippen LogP contribution is -2.40. The molecule has 0 amide bonds. The molecule has 1 aliphatic rings. The highest BCUT2D eigenvalue weighted by Gasteiger charge is 2.26. The van der Waals surface area contributed by atoms with Crippen molar-refractivity contribution < 1.29 is 13.2 Å². The van der Waals surface area contributed by atoms with Crippen molar-refractivity contribution in [1.82, 2.24) is 4.31 Å². The predicted molar refractivity (Wildman–Crippen MR) is 84.1 cm³/mol. The van der Waals surface area contributed by atoms with Crippen LogP contribution in [-0.2, 0) is 21.2 Å². The molecule has 21 heavy (non-hydrogen) atoms. The smallest absolute Gasteiger partial charge is 0.243 e. The van der Waals surface area contributed by atoms with E-state index in [9.17, 15) is 8.42 Å². The third-order valence-electron chi connectivity index (χ3n) is 3.86. The maximum absolute atomic E-state index is 12.7. The average Bonchev–Trinajstić information content (AvgIpc) is 2.48. The molecule has 1 aliphatic heterocycles. The molecule has 2 rings (SSSR count). The van der Waals surface area contributed by atoms with E-state index in [4.69, 9.17) is 4.74 Å². The van der Waals surface area contributed by atoms with Crippen molar-refractivity contribution in [3.05, 3.63) is 29.3 Å². The second kappa shape index (κ2) is 6.90. The summed E-state index contributed by atoms with van der Waals surface area (Å²) in [4.78, 5) is 0.414. The number of morpholine rings is 1. The van der Waals surface area contributed by atoms with Crippen molar-refractivity contribution in [1.29, 1.82) is 0 Å². The second-order valence-corrected chi connectivity index (χ2v) is 7.72. The topological polar surface area (TPSA) is 46.6 Å². The third kappa shape index (κ3) is 3.65. The molecule has 118 valence electrons. The highest BCUT2D eigenvalue weighted by molar-refractivity contribution is 7.89. The summed E-state index contributed by atoms with van der Waals surface area (Å²) in [5.41, 5.74) is 2.40. The van der Waals surface area contributed by atoms with E-state index in [1.807, 2.05) is 12.1 Å². The molecule has 0 bridgehead atoms. The number of benzene rings is 1. The quantitative estimate of drug-likeness (QED) is 0.840. The minimum atomic E-state index is -3.39. The zero-order valence-electron chi connectivity index (χ0n) is 13.1.